The summed E-state index contributed by atoms with van der Waals surface area (Å²) in [7, 11) is 1.42. The average molecular weight is 484 g/mol. The Kier molecular flexibility index (Phi) is 5.91. The lowest BCUT2D eigenvalue weighted by atomic mass is 9.98. The molecule has 1 amide bonds. The first-order chi connectivity index (χ1) is 16.5. The van der Waals surface area contributed by atoms with E-state index in [2.05, 4.69) is 15.4 Å². The molecule has 1 atom stereocenters. The summed E-state index contributed by atoms with van der Waals surface area (Å²) in [6.45, 7) is 1.78. The van der Waals surface area contributed by atoms with Gasteiger partial charge in [0.25, 0.3) is 11.8 Å². The maximum Gasteiger partial charge on any atom is 0.260 e. The molecule has 2 aromatic carbocycles. The zero-order valence-electron chi connectivity index (χ0n) is 18.2. The second-order valence-electron chi connectivity index (χ2n) is 7.94. The summed E-state index contributed by atoms with van der Waals surface area (Å²) in [5.41, 5.74) is 3.55. The molecule has 10 heteroatoms. The van der Waals surface area contributed by atoms with E-state index in [-0.39, 0.29) is 35.6 Å². The van der Waals surface area contributed by atoms with E-state index >= 15 is 0 Å². The van der Waals surface area contributed by atoms with E-state index in [1.807, 2.05) is 24.3 Å². The van der Waals surface area contributed by atoms with Crippen LogP contribution in [0.5, 0.6) is 5.88 Å². The van der Waals surface area contributed by atoms with Gasteiger partial charge in [-0.1, -0.05) is 23.7 Å². The Hall–Kier alpha value is -3.53. The van der Waals surface area contributed by atoms with Crippen molar-refractivity contribution < 1.29 is 29.0 Å². The predicted octanol–water partition coefficient (Wildman–Crippen LogP) is 3.58. The molecule has 3 heterocycles. The van der Waals surface area contributed by atoms with Gasteiger partial charge in [0.2, 0.25) is 5.76 Å². The number of anilines is 2. The topological polar surface area (TPSA) is 117 Å². The van der Waals surface area contributed by atoms with Crippen LogP contribution in [-0.2, 0) is 9.53 Å². The number of ether oxygens (including phenoxy) is 2. The minimum Gasteiger partial charge on any atom is -0.504 e. The molecule has 3 N–H and O–H groups in total. The monoisotopic (exact) mass is 483 g/mol. The third kappa shape index (κ3) is 3.87. The highest BCUT2D eigenvalue weighted by Gasteiger charge is 2.31. The molecule has 2 aliphatic rings. The van der Waals surface area contributed by atoms with Gasteiger partial charge in [0, 0.05) is 23.4 Å². The summed E-state index contributed by atoms with van der Waals surface area (Å²) in [4.78, 5) is 14.8. The molecule has 0 saturated carbocycles. The second-order valence-corrected chi connectivity index (χ2v) is 8.35. The maximum atomic E-state index is 12.7. The van der Waals surface area contributed by atoms with Crippen molar-refractivity contribution in [1.29, 1.82) is 0 Å². The summed E-state index contributed by atoms with van der Waals surface area (Å²) in [5.74, 6) is -0.632. The number of rotatable bonds is 5. The normalized spacial score (nSPS) is 19.1. The smallest absolute Gasteiger partial charge is 0.260 e. The van der Waals surface area contributed by atoms with Crippen molar-refractivity contribution in [3.05, 3.63) is 58.8 Å². The van der Waals surface area contributed by atoms with Gasteiger partial charge in [-0.25, -0.2) is 0 Å². The van der Waals surface area contributed by atoms with Gasteiger partial charge in [-0.3, -0.25) is 4.79 Å². The number of nitrogens with zero attached hydrogens (tertiary/aromatic N) is 2. The number of carbonyl (C=O) groups excluding carboxylic acids is 1. The standard InChI is InChI=1S/C24H22ClN3O6/c1-32-21-10-20(34-27-21)23(30)22-17-8-16(18(25)9-19(17)26-24(22)31)13-2-4-14(5-3-13)28-6-7-33-12-15(28)11-29/h2-5,8-10,15,29-30H,6-7,11-12H2,1H3,(H,26,31)/b23-22+. The van der Waals surface area contributed by atoms with Crippen LogP contribution in [0.4, 0.5) is 11.4 Å². The van der Waals surface area contributed by atoms with Gasteiger partial charge >= 0.3 is 0 Å². The summed E-state index contributed by atoms with van der Waals surface area (Å²) in [5, 5.41) is 27.3. The van der Waals surface area contributed by atoms with Crippen molar-refractivity contribution in [3.8, 4) is 17.0 Å². The number of nitrogens with one attached hydrogen (secondary N) is 1. The molecule has 0 bridgehead atoms. The molecule has 2 aliphatic heterocycles. The SMILES string of the molecule is COc1cc(/C(O)=C2\C(=O)Nc3cc(Cl)c(-c4ccc(N5CCOCC5CO)cc4)cc32)on1. The molecule has 3 aromatic rings. The van der Waals surface area contributed by atoms with Gasteiger partial charge < -0.3 is 34.4 Å². The Balaban J connectivity index is 1.51. The van der Waals surface area contributed by atoms with Crippen LogP contribution in [0.3, 0.4) is 0 Å². The Labute approximate surface area is 200 Å². The van der Waals surface area contributed by atoms with Crippen LogP contribution in [-0.4, -0.2) is 60.8 Å². The van der Waals surface area contributed by atoms with Crippen molar-refractivity contribution in [2.45, 2.75) is 6.04 Å². The summed E-state index contributed by atoms with van der Waals surface area (Å²) in [6.07, 6.45) is 0. The van der Waals surface area contributed by atoms with Gasteiger partial charge in [-0.05, 0) is 35.0 Å². The van der Waals surface area contributed by atoms with E-state index in [0.717, 1.165) is 11.3 Å². The maximum absolute atomic E-state index is 12.7. The molecule has 1 saturated heterocycles. The van der Waals surface area contributed by atoms with Crippen LogP contribution < -0.4 is 15.0 Å². The molecule has 1 unspecified atom stereocenters. The molecule has 1 fully saturated rings. The lowest BCUT2D eigenvalue weighted by Crippen LogP contribution is -2.47. The number of halogens is 1. The van der Waals surface area contributed by atoms with Crippen molar-refractivity contribution in [1.82, 2.24) is 5.16 Å². The molecule has 0 aliphatic carbocycles. The number of hydrogen-bond acceptors (Lipinski definition) is 8. The largest absolute Gasteiger partial charge is 0.504 e. The second kappa shape index (κ2) is 9.02. The molecule has 34 heavy (non-hydrogen) atoms. The van der Waals surface area contributed by atoms with E-state index in [0.29, 0.717) is 41.6 Å². The molecule has 5 rings (SSSR count). The summed E-state index contributed by atoms with van der Waals surface area (Å²) < 4.78 is 15.5. The number of methoxy groups -OCH3 is 1. The minimum atomic E-state index is -0.478. The zero-order chi connectivity index (χ0) is 23.8. The molecular formula is C24H22ClN3O6. The van der Waals surface area contributed by atoms with Crippen molar-refractivity contribution >= 4 is 40.2 Å². The quantitative estimate of drug-likeness (QED) is 0.372. The number of aromatic nitrogens is 1. The first-order valence-corrected chi connectivity index (χ1v) is 11.0. The molecule has 0 radical (unpaired) electrons. The van der Waals surface area contributed by atoms with Gasteiger partial charge in [0.05, 0.1) is 55.3 Å². The van der Waals surface area contributed by atoms with Gasteiger partial charge in [-0.15, -0.1) is 0 Å². The van der Waals surface area contributed by atoms with E-state index in [1.165, 1.54) is 13.2 Å². The van der Waals surface area contributed by atoms with Crippen LogP contribution >= 0.6 is 11.6 Å². The first-order valence-electron chi connectivity index (χ1n) is 10.7. The third-order valence-corrected chi connectivity index (χ3v) is 6.28. The number of benzene rings is 2. The summed E-state index contributed by atoms with van der Waals surface area (Å²) >= 11 is 6.56. The van der Waals surface area contributed by atoms with Crippen LogP contribution in [0.2, 0.25) is 5.02 Å². The Morgan fingerprint density at radius 3 is 2.76 bits per heavy atom. The highest BCUT2D eigenvalue weighted by atomic mass is 35.5. The van der Waals surface area contributed by atoms with Crippen LogP contribution in [0.15, 0.2) is 47.0 Å². The lowest BCUT2D eigenvalue weighted by molar-refractivity contribution is -0.110. The van der Waals surface area contributed by atoms with Crippen LogP contribution in [0, 0.1) is 0 Å². The molecular weight excluding hydrogens is 462 g/mol. The number of hydrogen-bond donors (Lipinski definition) is 3. The lowest BCUT2D eigenvalue weighted by Gasteiger charge is -2.36. The fourth-order valence-corrected chi connectivity index (χ4v) is 4.49. The predicted molar refractivity (Wildman–Crippen MR) is 127 cm³/mol. The summed E-state index contributed by atoms with van der Waals surface area (Å²) in [6, 6.07) is 12.5. The van der Waals surface area contributed by atoms with Crippen molar-refractivity contribution in [2.24, 2.45) is 0 Å². The van der Waals surface area contributed by atoms with Crippen LogP contribution in [0.1, 0.15) is 11.3 Å². The fraction of sp³-hybridized carbons (Fsp3) is 0.250. The van der Waals surface area contributed by atoms with Crippen molar-refractivity contribution in [2.75, 3.05) is 43.7 Å². The number of morpholine rings is 1. The molecule has 0 spiro atoms. The van der Waals surface area contributed by atoms with Crippen molar-refractivity contribution in [3.63, 3.8) is 0 Å². The van der Waals surface area contributed by atoms with Gasteiger partial charge in [0.15, 0.2) is 5.76 Å². The Morgan fingerprint density at radius 1 is 1.26 bits per heavy atom. The Bertz CT molecular complexity index is 1270. The molecule has 1 aromatic heterocycles. The van der Waals surface area contributed by atoms with Gasteiger partial charge in [-0.2, -0.15) is 0 Å². The highest BCUT2D eigenvalue weighted by molar-refractivity contribution is 6.38. The van der Waals surface area contributed by atoms with Gasteiger partial charge in [0.1, 0.15) is 0 Å². The molecule has 9 nitrogen and oxygen atoms in total. The van der Waals surface area contributed by atoms with Crippen LogP contribution in [0.25, 0.3) is 22.5 Å². The number of amides is 1. The fourth-order valence-electron chi connectivity index (χ4n) is 4.22. The minimum absolute atomic E-state index is 0.00903. The Morgan fingerprint density at radius 2 is 2.06 bits per heavy atom. The van der Waals surface area contributed by atoms with E-state index in [1.54, 1.807) is 12.1 Å². The van der Waals surface area contributed by atoms with E-state index in [9.17, 15) is 15.0 Å². The number of fused-ring (bicyclic) bond motifs is 1. The zero-order valence-corrected chi connectivity index (χ0v) is 19.0. The third-order valence-electron chi connectivity index (χ3n) is 5.97. The number of carbonyl (C=O) groups is 1. The highest BCUT2D eigenvalue weighted by Crippen LogP contribution is 2.42. The molecule has 176 valence electrons. The first kappa shape index (κ1) is 22.3. The van der Waals surface area contributed by atoms with E-state index < -0.39 is 5.91 Å². The average Bonchev–Trinajstić information content (AvgIpc) is 3.47. The number of aliphatic hydroxyl groups is 2. The van der Waals surface area contributed by atoms with E-state index in [4.69, 9.17) is 25.6 Å². The number of aliphatic hydroxyl groups excluding tert-OH is 2.